The van der Waals surface area contributed by atoms with Gasteiger partial charge in [0.25, 0.3) is 5.91 Å². The number of carbonyl (C=O) groups excluding carboxylic acids is 1. The van der Waals surface area contributed by atoms with Gasteiger partial charge in [-0.3, -0.25) is 9.78 Å². The van der Waals surface area contributed by atoms with E-state index in [2.05, 4.69) is 10.3 Å². The zero-order chi connectivity index (χ0) is 16.1. The summed E-state index contributed by atoms with van der Waals surface area (Å²) in [5.74, 6) is 0.636. The van der Waals surface area contributed by atoms with Crippen molar-refractivity contribution in [3.05, 3.63) is 72.1 Å². The van der Waals surface area contributed by atoms with E-state index in [4.69, 9.17) is 4.42 Å². The molecule has 0 radical (unpaired) electrons. The molecule has 116 valence electrons. The van der Waals surface area contributed by atoms with E-state index in [9.17, 15) is 4.79 Å². The van der Waals surface area contributed by atoms with Gasteiger partial charge in [0, 0.05) is 17.6 Å². The average molecular weight is 324 g/mol. The largest absolute Gasteiger partial charge is 0.463 e. The number of amides is 1. The molecule has 1 aromatic carbocycles. The van der Waals surface area contributed by atoms with Crippen LogP contribution in [0.25, 0.3) is 11.5 Å². The SMILES string of the molecule is CSc1ccccc1C(=O)NCc1ccnc(-c2ccco2)c1. The first-order chi connectivity index (χ1) is 11.3. The van der Waals surface area contributed by atoms with Crippen LogP contribution in [0.15, 0.2) is 70.3 Å². The van der Waals surface area contributed by atoms with E-state index in [1.807, 2.05) is 54.8 Å². The van der Waals surface area contributed by atoms with E-state index in [0.29, 0.717) is 17.9 Å². The molecule has 0 fully saturated rings. The zero-order valence-corrected chi connectivity index (χ0v) is 13.5. The number of nitrogens with zero attached hydrogens (tertiary/aromatic N) is 1. The summed E-state index contributed by atoms with van der Waals surface area (Å²) < 4.78 is 5.35. The molecule has 0 aliphatic heterocycles. The number of hydrogen-bond donors (Lipinski definition) is 1. The van der Waals surface area contributed by atoms with E-state index in [0.717, 1.165) is 16.2 Å². The molecular formula is C18H16N2O2S. The van der Waals surface area contributed by atoms with Gasteiger partial charge in [-0.25, -0.2) is 0 Å². The molecule has 2 aromatic heterocycles. The lowest BCUT2D eigenvalue weighted by atomic mass is 10.2. The number of nitrogens with one attached hydrogen (secondary N) is 1. The Kier molecular flexibility index (Phi) is 4.78. The van der Waals surface area contributed by atoms with Crippen LogP contribution in [0.1, 0.15) is 15.9 Å². The van der Waals surface area contributed by atoms with E-state index >= 15 is 0 Å². The van der Waals surface area contributed by atoms with Gasteiger partial charge in [-0.05, 0) is 48.2 Å². The second-order valence-corrected chi connectivity index (χ2v) is 5.76. The highest BCUT2D eigenvalue weighted by Gasteiger charge is 2.10. The molecule has 4 nitrogen and oxygen atoms in total. The molecule has 1 N–H and O–H groups in total. The Morgan fingerprint density at radius 1 is 1.22 bits per heavy atom. The lowest BCUT2D eigenvalue weighted by molar-refractivity contribution is 0.0948. The van der Waals surface area contributed by atoms with Crippen LogP contribution in [-0.2, 0) is 6.54 Å². The lowest BCUT2D eigenvalue weighted by Crippen LogP contribution is -2.23. The molecule has 0 aliphatic carbocycles. The van der Waals surface area contributed by atoms with Crippen molar-refractivity contribution in [2.75, 3.05) is 6.26 Å². The maximum absolute atomic E-state index is 12.4. The topological polar surface area (TPSA) is 55.1 Å². The Hall–Kier alpha value is -2.53. The maximum atomic E-state index is 12.4. The summed E-state index contributed by atoms with van der Waals surface area (Å²) in [4.78, 5) is 17.6. The molecule has 0 aliphatic rings. The van der Waals surface area contributed by atoms with Crippen LogP contribution in [0.5, 0.6) is 0 Å². The minimum absolute atomic E-state index is 0.0775. The molecule has 2 heterocycles. The summed E-state index contributed by atoms with van der Waals surface area (Å²) in [5, 5.41) is 2.95. The highest BCUT2D eigenvalue weighted by atomic mass is 32.2. The first kappa shape index (κ1) is 15.4. The Balaban J connectivity index is 1.71. The molecule has 0 bridgehead atoms. The lowest BCUT2D eigenvalue weighted by Gasteiger charge is -2.09. The third-order valence-electron chi connectivity index (χ3n) is 3.40. The molecular weight excluding hydrogens is 308 g/mol. The number of carbonyl (C=O) groups is 1. The van der Waals surface area contributed by atoms with Crippen LogP contribution in [0, 0.1) is 0 Å². The van der Waals surface area contributed by atoms with Gasteiger partial charge in [0.1, 0.15) is 5.69 Å². The fraction of sp³-hybridized carbons (Fsp3) is 0.111. The molecule has 0 atom stereocenters. The predicted molar refractivity (Wildman–Crippen MR) is 91.3 cm³/mol. The number of rotatable bonds is 5. The van der Waals surface area contributed by atoms with Crippen molar-refractivity contribution in [3.63, 3.8) is 0 Å². The summed E-state index contributed by atoms with van der Waals surface area (Å²) in [6, 6.07) is 15.1. The molecule has 0 unspecified atom stereocenters. The smallest absolute Gasteiger partial charge is 0.252 e. The molecule has 3 aromatic rings. The minimum Gasteiger partial charge on any atom is -0.463 e. The fourth-order valence-electron chi connectivity index (χ4n) is 2.25. The molecule has 3 rings (SSSR count). The molecule has 1 amide bonds. The second-order valence-electron chi connectivity index (χ2n) is 4.91. The predicted octanol–water partition coefficient (Wildman–Crippen LogP) is 3.99. The van der Waals surface area contributed by atoms with Gasteiger partial charge in [-0.15, -0.1) is 11.8 Å². The monoisotopic (exact) mass is 324 g/mol. The maximum Gasteiger partial charge on any atom is 0.252 e. The van der Waals surface area contributed by atoms with Gasteiger partial charge in [0.15, 0.2) is 5.76 Å². The molecule has 5 heteroatoms. The molecule has 0 saturated carbocycles. The standard InChI is InChI=1S/C18H16N2O2S/c1-23-17-7-3-2-5-14(17)18(21)20-12-13-8-9-19-15(11-13)16-6-4-10-22-16/h2-11H,12H2,1H3,(H,20,21). The number of pyridine rings is 1. The minimum atomic E-state index is -0.0775. The Morgan fingerprint density at radius 2 is 2.09 bits per heavy atom. The fourth-order valence-corrected chi connectivity index (χ4v) is 2.85. The number of thioether (sulfide) groups is 1. The first-order valence-corrected chi connectivity index (χ1v) is 8.40. The van der Waals surface area contributed by atoms with Crippen molar-refractivity contribution >= 4 is 17.7 Å². The molecule has 0 saturated heterocycles. The average Bonchev–Trinajstić information content (AvgIpc) is 3.14. The van der Waals surface area contributed by atoms with Crippen LogP contribution in [-0.4, -0.2) is 17.1 Å². The number of aromatic nitrogens is 1. The van der Waals surface area contributed by atoms with Crippen molar-refractivity contribution in [1.29, 1.82) is 0 Å². The van der Waals surface area contributed by atoms with Gasteiger partial charge < -0.3 is 9.73 Å². The highest BCUT2D eigenvalue weighted by molar-refractivity contribution is 7.98. The highest BCUT2D eigenvalue weighted by Crippen LogP contribution is 2.20. The van der Waals surface area contributed by atoms with Gasteiger partial charge in [0.2, 0.25) is 0 Å². The van der Waals surface area contributed by atoms with Gasteiger partial charge in [-0.1, -0.05) is 12.1 Å². The number of benzene rings is 1. The zero-order valence-electron chi connectivity index (χ0n) is 12.7. The van der Waals surface area contributed by atoms with E-state index in [1.54, 1.807) is 24.2 Å². The Bertz CT molecular complexity index is 800. The summed E-state index contributed by atoms with van der Waals surface area (Å²) in [5.41, 5.74) is 2.42. The molecule has 23 heavy (non-hydrogen) atoms. The van der Waals surface area contributed by atoms with Gasteiger partial charge in [0.05, 0.1) is 11.8 Å². The second kappa shape index (κ2) is 7.15. The Morgan fingerprint density at radius 3 is 2.87 bits per heavy atom. The van der Waals surface area contributed by atoms with Crippen LogP contribution >= 0.6 is 11.8 Å². The Labute approximate surface area is 138 Å². The summed E-state index contributed by atoms with van der Waals surface area (Å²) in [6.07, 6.45) is 5.30. The van der Waals surface area contributed by atoms with E-state index < -0.39 is 0 Å². The van der Waals surface area contributed by atoms with Gasteiger partial charge in [-0.2, -0.15) is 0 Å². The van der Waals surface area contributed by atoms with Crippen molar-refractivity contribution in [1.82, 2.24) is 10.3 Å². The van der Waals surface area contributed by atoms with Crippen LogP contribution in [0.2, 0.25) is 0 Å². The third-order valence-corrected chi connectivity index (χ3v) is 4.20. The van der Waals surface area contributed by atoms with Crippen molar-refractivity contribution in [3.8, 4) is 11.5 Å². The summed E-state index contributed by atoms with van der Waals surface area (Å²) in [6.45, 7) is 0.442. The van der Waals surface area contributed by atoms with Gasteiger partial charge >= 0.3 is 0 Å². The van der Waals surface area contributed by atoms with Crippen molar-refractivity contribution in [2.45, 2.75) is 11.4 Å². The third kappa shape index (κ3) is 3.63. The number of hydrogen-bond acceptors (Lipinski definition) is 4. The quantitative estimate of drug-likeness (QED) is 0.721. The normalized spacial score (nSPS) is 10.5. The van der Waals surface area contributed by atoms with Crippen molar-refractivity contribution in [2.24, 2.45) is 0 Å². The summed E-state index contributed by atoms with van der Waals surface area (Å²) in [7, 11) is 0. The first-order valence-electron chi connectivity index (χ1n) is 7.18. The van der Waals surface area contributed by atoms with E-state index in [-0.39, 0.29) is 5.91 Å². The van der Waals surface area contributed by atoms with E-state index in [1.165, 1.54) is 0 Å². The summed E-state index contributed by atoms with van der Waals surface area (Å²) >= 11 is 1.56. The van der Waals surface area contributed by atoms with Crippen molar-refractivity contribution < 1.29 is 9.21 Å². The van der Waals surface area contributed by atoms with Crippen LogP contribution in [0.3, 0.4) is 0 Å². The molecule has 0 spiro atoms. The van der Waals surface area contributed by atoms with Crippen LogP contribution < -0.4 is 5.32 Å². The number of furan rings is 1. The van der Waals surface area contributed by atoms with Crippen LogP contribution in [0.4, 0.5) is 0 Å².